The molecule has 0 fully saturated rings. The minimum Gasteiger partial charge on any atom is -0.316 e. The van der Waals surface area contributed by atoms with Crippen LogP contribution in [0.25, 0.3) is 0 Å². The van der Waals surface area contributed by atoms with Crippen LogP contribution in [0.15, 0.2) is 51.8 Å². The standard InChI is InChI=1S/C14H14BrClN2O2S/c1-17-9-10-4-2-3-5-14(10)21(19,20)18-11-6-7-13(16)12(15)8-11/h2-8,17-18H,9H2,1H3. The summed E-state index contributed by atoms with van der Waals surface area (Å²) in [4.78, 5) is 0.255. The molecule has 0 aliphatic carbocycles. The van der Waals surface area contributed by atoms with E-state index in [4.69, 9.17) is 11.6 Å². The first-order valence-electron chi connectivity index (χ1n) is 6.14. The van der Waals surface area contributed by atoms with Gasteiger partial charge in [-0.3, -0.25) is 4.72 Å². The van der Waals surface area contributed by atoms with E-state index in [0.29, 0.717) is 27.3 Å². The van der Waals surface area contributed by atoms with Gasteiger partial charge in [0.05, 0.1) is 15.6 Å². The minimum absolute atomic E-state index is 0.255. The van der Waals surface area contributed by atoms with Crippen LogP contribution in [0.3, 0.4) is 0 Å². The van der Waals surface area contributed by atoms with E-state index in [9.17, 15) is 8.42 Å². The molecule has 0 unspecified atom stereocenters. The molecule has 7 heteroatoms. The van der Waals surface area contributed by atoms with Gasteiger partial charge in [0.2, 0.25) is 0 Å². The summed E-state index contributed by atoms with van der Waals surface area (Å²) in [6.45, 7) is 0.474. The molecule has 0 saturated carbocycles. The van der Waals surface area contributed by atoms with E-state index in [1.54, 1.807) is 43.4 Å². The Hall–Kier alpha value is -1.08. The third-order valence-corrected chi connectivity index (χ3v) is 5.50. The zero-order valence-electron chi connectivity index (χ0n) is 11.2. The van der Waals surface area contributed by atoms with Gasteiger partial charge < -0.3 is 5.32 Å². The van der Waals surface area contributed by atoms with Crippen LogP contribution >= 0.6 is 27.5 Å². The Morgan fingerprint density at radius 2 is 1.90 bits per heavy atom. The molecule has 2 aromatic carbocycles. The molecule has 0 saturated heterocycles. The number of rotatable bonds is 5. The fourth-order valence-electron chi connectivity index (χ4n) is 1.87. The molecule has 0 atom stereocenters. The zero-order valence-corrected chi connectivity index (χ0v) is 14.4. The van der Waals surface area contributed by atoms with Crippen molar-refractivity contribution in [2.24, 2.45) is 0 Å². The predicted molar refractivity (Wildman–Crippen MR) is 89.2 cm³/mol. The Kier molecular flexibility index (Phi) is 5.27. The van der Waals surface area contributed by atoms with Gasteiger partial charge in [-0.25, -0.2) is 8.42 Å². The fourth-order valence-corrected chi connectivity index (χ4v) is 3.66. The van der Waals surface area contributed by atoms with E-state index >= 15 is 0 Å². The SMILES string of the molecule is CNCc1ccccc1S(=O)(=O)Nc1ccc(Cl)c(Br)c1. The topological polar surface area (TPSA) is 58.2 Å². The average molecular weight is 390 g/mol. The fraction of sp³-hybridized carbons (Fsp3) is 0.143. The van der Waals surface area contributed by atoms with E-state index in [1.165, 1.54) is 0 Å². The summed E-state index contributed by atoms with van der Waals surface area (Å²) in [7, 11) is -1.88. The van der Waals surface area contributed by atoms with Gasteiger partial charge in [-0.05, 0) is 52.8 Å². The Morgan fingerprint density at radius 3 is 2.57 bits per heavy atom. The molecule has 2 N–H and O–H groups in total. The van der Waals surface area contributed by atoms with Crippen molar-refractivity contribution in [1.29, 1.82) is 0 Å². The minimum atomic E-state index is -3.65. The van der Waals surface area contributed by atoms with Gasteiger partial charge in [-0.1, -0.05) is 29.8 Å². The van der Waals surface area contributed by atoms with Gasteiger partial charge in [-0.15, -0.1) is 0 Å². The zero-order chi connectivity index (χ0) is 15.5. The van der Waals surface area contributed by atoms with Crippen molar-refractivity contribution in [3.8, 4) is 0 Å². The molecule has 0 aromatic heterocycles. The van der Waals surface area contributed by atoms with Crippen LogP contribution in [0.5, 0.6) is 0 Å². The lowest BCUT2D eigenvalue weighted by molar-refractivity contribution is 0.599. The van der Waals surface area contributed by atoms with E-state index < -0.39 is 10.0 Å². The highest BCUT2D eigenvalue weighted by Crippen LogP contribution is 2.27. The van der Waals surface area contributed by atoms with Gasteiger partial charge in [-0.2, -0.15) is 0 Å². The smallest absolute Gasteiger partial charge is 0.262 e. The second-order valence-electron chi connectivity index (χ2n) is 4.37. The number of benzene rings is 2. The molecule has 2 rings (SSSR count). The normalized spacial score (nSPS) is 11.4. The monoisotopic (exact) mass is 388 g/mol. The first kappa shape index (κ1) is 16.3. The molecular formula is C14H14BrClN2O2S. The van der Waals surface area contributed by atoms with Crippen LogP contribution in [0.4, 0.5) is 5.69 Å². The van der Waals surface area contributed by atoms with Crippen molar-refractivity contribution in [2.75, 3.05) is 11.8 Å². The van der Waals surface area contributed by atoms with Crippen molar-refractivity contribution < 1.29 is 8.42 Å². The summed E-state index contributed by atoms with van der Waals surface area (Å²) in [6, 6.07) is 11.7. The summed E-state index contributed by atoms with van der Waals surface area (Å²) in [5.41, 5.74) is 1.16. The first-order chi connectivity index (χ1) is 9.94. The van der Waals surface area contributed by atoms with Gasteiger partial charge in [0.1, 0.15) is 0 Å². The van der Waals surface area contributed by atoms with Gasteiger partial charge in [0.15, 0.2) is 0 Å². The maximum atomic E-state index is 12.5. The van der Waals surface area contributed by atoms with Crippen molar-refractivity contribution >= 4 is 43.2 Å². The second-order valence-corrected chi connectivity index (χ2v) is 7.28. The summed E-state index contributed by atoms with van der Waals surface area (Å²) in [5, 5.41) is 3.48. The molecule has 4 nitrogen and oxygen atoms in total. The summed E-state index contributed by atoms with van der Waals surface area (Å²) in [6.07, 6.45) is 0. The molecule has 0 aliphatic heterocycles. The van der Waals surface area contributed by atoms with Gasteiger partial charge >= 0.3 is 0 Å². The van der Waals surface area contributed by atoms with Crippen LogP contribution in [0.1, 0.15) is 5.56 Å². The summed E-state index contributed by atoms with van der Waals surface area (Å²) in [5.74, 6) is 0. The Labute approximate surface area is 137 Å². The van der Waals surface area contributed by atoms with Crippen molar-refractivity contribution in [1.82, 2.24) is 5.32 Å². The molecule has 112 valence electrons. The third kappa shape index (κ3) is 3.97. The van der Waals surface area contributed by atoms with E-state index in [0.717, 1.165) is 0 Å². The Balaban J connectivity index is 2.36. The van der Waals surface area contributed by atoms with Crippen molar-refractivity contribution in [3.05, 3.63) is 57.5 Å². The highest BCUT2D eigenvalue weighted by molar-refractivity contribution is 9.10. The van der Waals surface area contributed by atoms with E-state index in [2.05, 4.69) is 26.0 Å². The molecule has 0 amide bonds. The molecule has 0 radical (unpaired) electrons. The first-order valence-corrected chi connectivity index (χ1v) is 8.80. The number of anilines is 1. The molecule has 0 spiro atoms. The number of hydrogen-bond acceptors (Lipinski definition) is 3. The largest absolute Gasteiger partial charge is 0.316 e. The molecule has 0 heterocycles. The summed E-state index contributed by atoms with van der Waals surface area (Å²) >= 11 is 9.18. The van der Waals surface area contributed by atoms with Crippen LogP contribution in [-0.2, 0) is 16.6 Å². The van der Waals surface area contributed by atoms with E-state index in [1.807, 2.05) is 6.07 Å². The third-order valence-electron chi connectivity index (χ3n) is 2.80. The summed E-state index contributed by atoms with van der Waals surface area (Å²) < 4.78 is 28.2. The van der Waals surface area contributed by atoms with Crippen molar-refractivity contribution in [3.63, 3.8) is 0 Å². The lowest BCUT2D eigenvalue weighted by Crippen LogP contribution is -2.17. The molecule has 0 bridgehead atoms. The lowest BCUT2D eigenvalue weighted by atomic mass is 10.2. The highest BCUT2D eigenvalue weighted by atomic mass is 79.9. The van der Waals surface area contributed by atoms with Crippen LogP contribution in [-0.4, -0.2) is 15.5 Å². The second kappa shape index (κ2) is 6.79. The maximum absolute atomic E-state index is 12.5. The van der Waals surface area contributed by atoms with Crippen LogP contribution in [0, 0.1) is 0 Å². The van der Waals surface area contributed by atoms with E-state index in [-0.39, 0.29) is 4.90 Å². The number of hydrogen-bond donors (Lipinski definition) is 2. The van der Waals surface area contributed by atoms with Gasteiger partial charge in [0.25, 0.3) is 10.0 Å². The number of nitrogens with one attached hydrogen (secondary N) is 2. The average Bonchev–Trinajstić information content (AvgIpc) is 2.43. The van der Waals surface area contributed by atoms with Crippen LogP contribution in [0.2, 0.25) is 5.02 Å². The molecule has 0 aliphatic rings. The van der Waals surface area contributed by atoms with Crippen molar-refractivity contribution in [2.45, 2.75) is 11.4 Å². The lowest BCUT2D eigenvalue weighted by Gasteiger charge is -2.12. The van der Waals surface area contributed by atoms with Crippen LogP contribution < -0.4 is 10.0 Å². The highest BCUT2D eigenvalue weighted by Gasteiger charge is 2.18. The molecule has 21 heavy (non-hydrogen) atoms. The quantitative estimate of drug-likeness (QED) is 0.821. The maximum Gasteiger partial charge on any atom is 0.262 e. The predicted octanol–water partition coefficient (Wildman–Crippen LogP) is 3.62. The molecular weight excluding hydrogens is 376 g/mol. The Morgan fingerprint density at radius 1 is 1.19 bits per heavy atom. The number of halogens is 2. The van der Waals surface area contributed by atoms with Gasteiger partial charge in [0, 0.05) is 11.0 Å². The Bertz CT molecular complexity index is 750. The molecule has 2 aromatic rings. The number of sulfonamides is 1.